The summed E-state index contributed by atoms with van der Waals surface area (Å²) in [5, 5.41) is 0. The molecule has 0 N–H and O–H groups in total. The third-order valence-corrected chi connectivity index (χ3v) is 2.01. The summed E-state index contributed by atoms with van der Waals surface area (Å²) in [7, 11) is 4.21. The average molecular weight is 156 g/mol. The molecule has 0 fully saturated rings. The van der Waals surface area contributed by atoms with Crippen molar-refractivity contribution < 1.29 is 0 Å². The molecule has 0 spiro atoms. The van der Waals surface area contributed by atoms with Crippen LogP contribution in [0.3, 0.4) is 0 Å². The fourth-order valence-electron chi connectivity index (χ4n) is 0.670. The summed E-state index contributed by atoms with van der Waals surface area (Å²) in [4.78, 5) is 4.46. The molecule has 0 unspecified atom stereocenters. The summed E-state index contributed by atoms with van der Waals surface area (Å²) in [6.45, 7) is 11.4. The SMILES string of the molecule is C=C(C)N(C)CCN(C)CC. The van der Waals surface area contributed by atoms with Crippen LogP contribution in [-0.2, 0) is 0 Å². The second kappa shape index (κ2) is 5.19. The van der Waals surface area contributed by atoms with Crippen LogP contribution in [0.2, 0.25) is 0 Å². The van der Waals surface area contributed by atoms with Gasteiger partial charge in [-0.1, -0.05) is 13.5 Å². The third kappa shape index (κ3) is 4.85. The van der Waals surface area contributed by atoms with Crippen molar-refractivity contribution in [3.05, 3.63) is 12.3 Å². The number of nitrogens with zero attached hydrogens (tertiary/aromatic N) is 2. The predicted octanol–water partition coefficient (Wildman–Crippen LogP) is 1.40. The number of hydrogen-bond donors (Lipinski definition) is 0. The third-order valence-electron chi connectivity index (χ3n) is 2.01. The highest BCUT2D eigenvalue weighted by atomic mass is 15.2. The van der Waals surface area contributed by atoms with Gasteiger partial charge in [-0.2, -0.15) is 0 Å². The molecule has 11 heavy (non-hydrogen) atoms. The maximum absolute atomic E-state index is 3.87. The molecule has 2 heteroatoms. The molecule has 0 aromatic rings. The van der Waals surface area contributed by atoms with Gasteiger partial charge in [0.15, 0.2) is 0 Å². The van der Waals surface area contributed by atoms with Crippen molar-refractivity contribution in [1.82, 2.24) is 9.80 Å². The Morgan fingerprint density at radius 3 is 2.18 bits per heavy atom. The minimum Gasteiger partial charge on any atom is -0.377 e. The quantitative estimate of drug-likeness (QED) is 0.593. The normalized spacial score (nSPS) is 10.3. The molecule has 0 heterocycles. The van der Waals surface area contributed by atoms with Gasteiger partial charge in [-0.25, -0.2) is 0 Å². The molecule has 0 atom stereocenters. The van der Waals surface area contributed by atoms with Crippen LogP contribution in [0.25, 0.3) is 0 Å². The first-order valence-corrected chi connectivity index (χ1v) is 4.13. The van der Waals surface area contributed by atoms with Crippen molar-refractivity contribution in [2.45, 2.75) is 13.8 Å². The number of likely N-dealkylation sites (N-methyl/N-ethyl adjacent to an activating group) is 2. The molecule has 0 aliphatic carbocycles. The van der Waals surface area contributed by atoms with Gasteiger partial charge in [0, 0.05) is 25.8 Å². The summed E-state index contributed by atoms with van der Waals surface area (Å²) < 4.78 is 0. The van der Waals surface area contributed by atoms with E-state index in [9.17, 15) is 0 Å². The van der Waals surface area contributed by atoms with E-state index in [1.165, 1.54) is 0 Å². The van der Waals surface area contributed by atoms with Crippen LogP contribution in [0.15, 0.2) is 12.3 Å². The van der Waals surface area contributed by atoms with Crippen molar-refractivity contribution in [2.24, 2.45) is 0 Å². The molecule has 2 nitrogen and oxygen atoms in total. The maximum Gasteiger partial charge on any atom is 0.0299 e. The van der Waals surface area contributed by atoms with E-state index in [-0.39, 0.29) is 0 Å². The van der Waals surface area contributed by atoms with Gasteiger partial charge >= 0.3 is 0 Å². The second-order valence-electron chi connectivity index (χ2n) is 3.05. The van der Waals surface area contributed by atoms with E-state index in [1.54, 1.807) is 0 Å². The molecule has 66 valence electrons. The second-order valence-corrected chi connectivity index (χ2v) is 3.05. The fourth-order valence-corrected chi connectivity index (χ4v) is 0.670. The van der Waals surface area contributed by atoms with Gasteiger partial charge in [0.25, 0.3) is 0 Å². The minimum absolute atomic E-state index is 1.07. The zero-order valence-corrected chi connectivity index (χ0v) is 8.22. The lowest BCUT2D eigenvalue weighted by atomic mass is 10.4. The topological polar surface area (TPSA) is 6.48 Å². The Labute approximate surface area is 70.5 Å². The molecular formula is C9H20N2. The Hall–Kier alpha value is -0.500. The first kappa shape index (κ1) is 10.5. The van der Waals surface area contributed by atoms with Crippen LogP contribution in [0.5, 0.6) is 0 Å². The highest BCUT2D eigenvalue weighted by molar-refractivity contribution is 4.86. The van der Waals surface area contributed by atoms with Gasteiger partial charge in [-0.3, -0.25) is 0 Å². The molecule has 0 radical (unpaired) electrons. The van der Waals surface area contributed by atoms with Crippen LogP contribution in [0.1, 0.15) is 13.8 Å². The predicted molar refractivity (Wildman–Crippen MR) is 50.6 cm³/mol. The van der Waals surface area contributed by atoms with Gasteiger partial charge in [-0.05, 0) is 20.5 Å². The zero-order valence-electron chi connectivity index (χ0n) is 8.22. The van der Waals surface area contributed by atoms with Gasteiger partial charge in [0.1, 0.15) is 0 Å². The highest BCUT2D eigenvalue weighted by Gasteiger charge is 1.98. The molecule has 0 rings (SSSR count). The Bertz CT molecular complexity index is 121. The van der Waals surface area contributed by atoms with E-state index >= 15 is 0 Å². The lowest BCUT2D eigenvalue weighted by molar-refractivity contribution is 0.297. The first-order chi connectivity index (χ1) is 5.07. The molecule has 0 aromatic carbocycles. The Balaban J connectivity index is 3.45. The van der Waals surface area contributed by atoms with Crippen LogP contribution in [0.4, 0.5) is 0 Å². The van der Waals surface area contributed by atoms with Crippen LogP contribution >= 0.6 is 0 Å². The van der Waals surface area contributed by atoms with E-state index in [1.807, 2.05) is 6.92 Å². The van der Waals surface area contributed by atoms with Crippen molar-refractivity contribution in [2.75, 3.05) is 33.7 Å². The average Bonchev–Trinajstić information content (AvgIpc) is 1.99. The first-order valence-electron chi connectivity index (χ1n) is 4.13. The summed E-state index contributed by atoms with van der Waals surface area (Å²) in [5.74, 6) is 0. The Morgan fingerprint density at radius 1 is 1.27 bits per heavy atom. The van der Waals surface area contributed by atoms with Gasteiger partial charge < -0.3 is 9.80 Å². The van der Waals surface area contributed by atoms with Crippen molar-refractivity contribution in [1.29, 1.82) is 0 Å². The highest BCUT2D eigenvalue weighted by Crippen LogP contribution is 1.94. The standard InChI is InChI=1S/C9H20N2/c1-6-10(4)7-8-11(5)9(2)3/h2,6-8H2,1,3-5H3. The van der Waals surface area contributed by atoms with E-state index in [0.717, 1.165) is 25.3 Å². The number of hydrogen-bond acceptors (Lipinski definition) is 2. The Morgan fingerprint density at radius 2 is 1.82 bits per heavy atom. The van der Waals surface area contributed by atoms with Crippen LogP contribution in [0, 0.1) is 0 Å². The van der Waals surface area contributed by atoms with E-state index < -0.39 is 0 Å². The summed E-state index contributed by atoms with van der Waals surface area (Å²) in [5.41, 5.74) is 1.13. The molecule has 0 aromatic heterocycles. The number of rotatable bonds is 5. The minimum atomic E-state index is 1.07. The summed E-state index contributed by atoms with van der Waals surface area (Å²) in [6.07, 6.45) is 0. The summed E-state index contributed by atoms with van der Waals surface area (Å²) in [6, 6.07) is 0. The molecule has 0 saturated heterocycles. The largest absolute Gasteiger partial charge is 0.377 e. The molecule has 0 amide bonds. The maximum atomic E-state index is 3.87. The molecular weight excluding hydrogens is 136 g/mol. The van der Waals surface area contributed by atoms with Crippen molar-refractivity contribution in [3.8, 4) is 0 Å². The van der Waals surface area contributed by atoms with Gasteiger partial charge in [0.05, 0.1) is 0 Å². The monoisotopic (exact) mass is 156 g/mol. The molecule has 0 saturated carbocycles. The lowest BCUT2D eigenvalue weighted by Gasteiger charge is -2.22. The van der Waals surface area contributed by atoms with Crippen LogP contribution < -0.4 is 0 Å². The lowest BCUT2D eigenvalue weighted by Crippen LogP contribution is -2.29. The molecule has 0 aliphatic heterocycles. The van der Waals surface area contributed by atoms with E-state index in [0.29, 0.717) is 0 Å². The van der Waals surface area contributed by atoms with Gasteiger partial charge in [-0.15, -0.1) is 0 Å². The molecule has 0 aliphatic rings. The van der Waals surface area contributed by atoms with Gasteiger partial charge in [0.2, 0.25) is 0 Å². The van der Waals surface area contributed by atoms with Crippen LogP contribution in [-0.4, -0.2) is 43.5 Å². The van der Waals surface area contributed by atoms with E-state index in [2.05, 4.69) is 37.4 Å². The van der Waals surface area contributed by atoms with Crippen molar-refractivity contribution in [3.63, 3.8) is 0 Å². The Kier molecular flexibility index (Phi) is 4.95. The number of allylic oxidation sites excluding steroid dienone is 1. The van der Waals surface area contributed by atoms with E-state index in [4.69, 9.17) is 0 Å². The fraction of sp³-hybridized carbons (Fsp3) is 0.778. The molecule has 0 bridgehead atoms. The zero-order chi connectivity index (χ0) is 8.85. The van der Waals surface area contributed by atoms with Crippen molar-refractivity contribution >= 4 is 0 Å². The smallest absolute Gasteiger partial charge is 0.0299 e. The summed E-state index contributed by atoms with van der Waals surface area (Å²) >= 11 is 0.